The van der Waals surface area contributed by atoms with Crippen molar-refractivity contribution in [2.75, 3.05) is 27.6 Å². The Balaban J connectivity index is 0.000000559. The lowest BCUT2D eigenvalue weighted by atomic mass is 9.76. The van der Waals surface area contributed by atoms with Gasteiger partial charge in [-0.05, 0) is 41.8 Å². The quantitative estimate of drug-likeness (QED) is 0.282. The van der Waals surface area contributed by atoms with Crippen molar-refractivity contribution in [1.82, 2.24) is 10.2 Å². The maximum Gasteiger partial charge on any atom is 0.490 e. The Morgan fingerprint density at radius 3 is 2.30 bits per heavy atom. The summed E-state index contributed by atoms with van der Waals surface area (Å²) in [5.41, 5.74) is 1.86. The van der Waals surface area contributed by atoms with E-state index in [-0.39, 0.29) is 31.6 Å². The molecule has 0 aromatic heterocycles. The SMILES string of the molecule is CCN1C(=O)[C@H]2[C@@H](c3ccc(-c4ccc5c(c4)OCO5)c(OC)c3)N[C@@](Cc3ccccc3)(C(=O)OC)[C@H]2C1=O.O=C(O)C(F)(F)F. The fourth-order valence-corrected chi connectivity index (χ4v) is 6.39. The smallest absolute Gasteiger partial charge is 0.490 e. The van der Waals surface area contributed by atoms with Crippen molar-refractivity contribution in [3.63, 3.8) is 0 Å². The van der Waals surface area contributed by atoms with Gasteiger partial charge in [0.05, 0.1) is 26.1 Å². The number of carbonyl (C=O) groups is 4. The van der Waals surface area contributed by atoms with Crippen molar-refractivity contribution in [3.8, 4) is 28.4 Å². The molecule has 0 spiro atoms. The number of benzene rings is 3. The Morgan fingerprint density at radius 1 is 1.00 bits per heavy atom. The number of esters is 1. The molecule has 0 unspecified atom stereocenters. The summed E-state index contributed by atoms with van der Waals surface area (Å²) in [5, 5.41) is 10.6. The lowest BCUT2D eigenvalue weighted by Gasteiger charge is -2.32. The van der Waals surface area contributed by atoms with Crippen LogP contribution in [-0.4, -0.2) is 73.0 Å². The number of carboxylic acid groups (broad SMARTS) is 1. The monoisotopic (exact) mass is 656 g/mol. The van der Waals surface area contributed by atoms with Crippen LogP contribution in [0.5, 0.6) is 17.2 Å². The van der Waals surface area contributed by atoms with Crippen LogP contribution in [0.2, 0.25) is 0 Å². The van der Waals surface area contributed by atoms with Gasteiger partial charge in [0.2, 0.25) is 18.6 Å². The number of fused-ring (bicyclic) bond motifs is 2. The molecule has 0 saturated carbocycles. The van der Waals surface area contributed by atoms with Crippen molar-refractivity contribution in [2.45, 2.75) is 31.1 Å². The first-order valence-electron chi connectivity index (χ1n) is 14.5. The van der Waals surface area contributed by atoms with Gasteiger partial charge in [-0.1, -0.05) is 48.5 Å². The first kappa shape index (κ1) is 33.3. The second-order valence-corrected chi connectivity index (χ2v) is 11.0. The minimum Gasteiger partial charge on any atom is -0.496 e. The molecule has 3 aliphatic rings. The number of alkyl halides is 3. The van der Waals surface area contributed by atoms with E-state index in [9.17, 15) is 27.6 Å². The average molecular weight is 657 g/mol. The van der Waals surface area contributed by atoms with E-state index in [1.54, 1.807) is 14.0 Å². The first-order chi connectivity index (χ1) is 22.4. The van der Waals surface area contributed by atoms with Crippen LogP contribution in [0.4, 0.5) is 13.2 Å². The van der Waals surface area contributed by atoms with E-state index >= 15 is 0 Å². The fraction of sp³-hybridized carbons (Fsp3) is 0.333. The number of likely N-dealkylation sites (tertiary alicyclic amines) is 1. The molecular formula is C33H31F3N2O9. The van der Waals surface area contributed by atoms with Crippen LogP contribution in [-0.2, 0) is 30.3 Å². The number of aliphatic carboxylic acids is 1. The highest BCUT2D eigenvalue weighted by atomic mass is 19.4. The number of amides is 2. The Bertz CT molecular complexity index is 1700. The third kappa shape index (κ3) is 6.08. The molecule has 0 bridgehead atoms. The fourth-order valence-electron chi connectivity index (χ4n) is 6.39. The molecule has 0 aliphatic carbocycles. The molecule has 47 heavy (non-hydrogen) atoms. The lowest BCUT2D eigenvalue weighted by molar-refractivity contribution is -0.192. The molecule has 14 heteroatoms. The van der Waals surface area contributed by atoms with Crippen LogP contribution in [0.15, 0.2) is 66.7 Å². The molecule has 2 amide bonds. The van der Waals surface area contributed by atoms with Gasteiger partial charge in [-0.3, -0.25) is 24.6 Å². The van der Waals surface area contributed by atoms with Crippen molar-refractivity contribution < 1.29 is 56.4 Å². The molecule has 4 atom stereocenters. The maximum absolute atomic E-state index is 13.7. The molecular weight excluding hydrogens is 625 g/mol. The van der Waals surface area contributed by atoms with Crippen LogP contribution in [0.1, 0.15) is 24.1 Å². The Morgan fingerprint density at radius 2 is 1.68 bits per heavy atom. The number of halogens is 3. The van der Waals surface area contributed by atoms with E-state index < -0.39 is 41.5 Å². The first-order valence-corrected chi connectivity index (χ1v) is 14.5. The number of imide groups is 1. The van der Waals surface area contributed by atoms with Crippen molar-refractivity contribution in [3.05, 3.63) is 77.9 Å². The van der Waals surface area contributed by atoms with Crippen LogP contribution in [0.25, 0.3) is 11.1 Å². The van der Waals surface area contributed by atoms with E-state index in [0.29, 0.717) is 17.2 Å². The van der Waals surface area contributed by atoms with E-state index in [0.717, 1.165) is 22.3 Å². The second kappa shape index (κ2) is 12.9. The van der Waals surface area contributed by atoms with Gasteiger partial charge >= 0.3 is 18.1 Å². The summed E-state index contributed by atoms with van der Waals surface area (Å²) in [6.07, 6.45) is -4.89. The second-order valence-electron chi connectivity index (χ2n) is 11.0. The number of rotatable bonds is 7. The molecule has 2 saturated heterocycles. The number of methoxy groups -OCH3 is 2. The van der Waals surface area contributed by atoms with Crippen molar-refractivity contribution in [1.29, 1.82) is 0 Å². The van der Waals surface area contributed by atoms with Crippen molar-refractivity contribution in [2.24, 2.45) is 11.8 Å². The zero-order valence-corrected chi connectivity index (χ0v) is 25.5. The molecule has 248 valence electrons. The Labute approximate surface area is 267 Å². The van der Waals surface area contributed by atoms with Crippen LogP contribution >= 0.6 is 0 Å². The van der Waals surface area contributed by atoms with Gasteiger partial charge in [0.25, 0.3) is 0 Å². The Kier molecular flexibility index (Phi) is 9.16. The number of nitrogens with one attached hydrogen (secondary N) is 1. The zero-order chi connectivity index (χ0) is 34.1. The highest BCUT2D eigenvalue weighted by molar-refractivity contribution is 6.09. The highest BCUT2D eigenvalue weighted by Gasteiger charge is 2.68. The summed E-state index contributed by atoms with van der Waals surface area (Å²) in [4.78, 5) is 51.1. The molecule has 3 aliphatic heterocycles. The van der Waals surface area contributed by atoms with E-state index in [1.165, 1.54) is 12.0 Å². The van der Waals surface area contributed by atoms with Crippen molar-refractivity contribution >= 4 is 23.8 Å². The van der Waals surface area contributed by atoms with E-state index in [2.05, 4.69) is 5.32 Å². The summed E-state index contributed by atoms with van der Waals surface area (Å²) in [5.74, 6) is -3.77. The lowest BCUT2D eigenvalue weighted by Crippen LogP contribution is -2.57. The minimum absolute atomic E-state index is 0.178. The largest absolute Gasteiger partial charge is 0.496 e. The minimum atomic E-state index is -5.08. The number of hydrogen-bond acceptors (Lipinski definition) is 9. The number of ether oxygens (including phenoxy) is 4. The molecule has 3 aromatic carbocycles. The molecule has 2 N–H and O–H groups in total. The topological polar surface area (TPSA) is 141 Å². The zero-order valence-electron chi connectivity index (χ0n) is 25.5. The van der Waals surface area contributed by atoms with Gasteiger partial charge in [-0.2, -0.15) is 13.2 Å². The average Bonchev–Trinajstić information content (AvgIpc) is 3.74. The predicted molar refractivity (Wildman–Crippen MR) is 158 cm³/mol. The third-order valence-corrected chi connectivity index (χ3v) is 8.45. The number of carbonyl (C=O) groups excluding carboxylic acids is 3. The van der Waals surface area contributed by atoms with E-state index in [1.807, 2.05) is 66.7 Å². The molecule has 2 fully saturated rings. The molecule has 6 rings (SSSR count). The molecule has 0 radical (unpaired) electrons. The summed E-state index contributed by atoms with van der Waals surface area (Å²) in [6.45, 7) is 2.17. The summed E-state index contributed by atoms with van der Waals surface area (Å²) in [6, 6.07) is 20.2. The summed E-state index contributed by atoms with van der Waals surface area (Å²) in [7, 11) is 2.89. The highest BCUT2D eigenvalue weighted by Crippen LogP contribution is 2.51. The number of nitrogens with zero attached hydrogens (tertiary/aromatic N) is 1. The third-order valence-electron chi connectivity index (χ3n) is 8.45. The van der Waals surface area contributed by atoms with E-state index in [4.69, 9.17) is 28.8 Å². The maximum atomic E-state index is 13.7. The van der Waals surface area contributed by atoms with Gasteiger partial charge in [-0.25, -0.2) is 4.79 Å². The Hall–Kier alpha value is -5.11. The number of hydrogen-bond donors (Lipinski definition) is 2. The molecule has 11 nitrogen and oxygen atoms in total. The van der Waals surface area contributed by atoms with Gasteiger partial charge in [-0.15, -0.1) is 0 Å². The normalized spacial score (nSPS) is 22.8. The van der Waals surface area contributed by atoms with Gasteiger partial charge in [0.15, 0.2) is 11.5 Å². The predicted octanol–water partition coefficient (Wildman–Crippen LogP) is 4.14. The van der Waals surface area contributed by atoms with Gasteiger partial charge < -0.3 is 24.1 Å². The van der Waals surface area contributed by atoms with Crippen LogP contribution in [0.3, 0.4) is 0 Å². The van der Waals surface area contributed by atoms with Gasteiger partial charge in [0, 0.05) is 24.6 Å². The summed E-state index contributed by atoms with van der Waals surface area (Å²) >= 11 is 0. The van der Waals surface area contributed by atoms with Crippen LogP contribution in [0, 0.1) is 11.8 Å². The molecule has 3 aromatic rings. The van der Waals surface area contributed by atoms with Gasteiger partial charge in [0.1, 0.15) is 11.3 Å². The number of carboxylic acids is 1. The standard InChI is InChI=1S/C31H30N2O7.C2HF3O2/c1-4-33-28(34)25-26(29(33)35)31(30(36)38-3,16-18-8-6-5-7-9-18)32-27(25)20-10-12-21(23(15-20)37-2)19-11-13-22-24(14-19)40-17-39-22;3-2(4,5)1(6)7/h5-15,25-27,32H,4,16-17H2,1-3H3;(H,6,7)/t25-,26-,27-,31-;/m1./s1. The van der Waals surface area contributed by atoms with Crippen LogP contribution < -0.4 is 19.5 Å². The molecule has 3 heterocycles. The summed E-state index contributed by atoms with van der Waals surface area (Å²) < 4.78 is 53.8.